The fraction of sp³-hybridized carbons (Fsp3) is 0. The standard InChI is InChI=1S/C13H8F2N2O3/c14-9-2-3-10(15)11(5-9)20-13-16-6-8(7-17-13)1-4-12(18)19/h1-7H,(H,18,19)/b4-1+. The summed E-state index contributed by atoms with van der Waals surface area (Å²) in [4.78, 5) is 17.8. The van der Waals surface area contributed by atoms with Gasteiger partial charge in [-0.25, -0.2) is 23.5 Å². The largest absolute Gasteiger partial charge is 0.478 e. The predicted octanol–water partition coefficient (Wildman–Crippen LogP) is 2.64. The van der Waals surface area contributed by atoms with Crippen molar-refractivity contribution in [2.75, 3.05) is 0 Å². The van der Waals surface area contributed by atoms with Crippen LogP contribution >= 0.6 is 0 Å². The summed E-state index contributed by atoms with van der Waals surface area (Å²) in [6.45, 7) is 0. The Morgan fingerprint density at radius 1 is 1.25 bits per heavy atom. The SMILES string of the molecule is O=C(O)/C=C/c1cnc(Oc2cc(F)ccc2F)nc1. The first-order valence-electron chi connectivity index (χ1n) is 5.40. The first-order chi connectivity index (χ1) is 9.54. The molecule has 1 heterocycles. The van der Waals surface area contributed by atoms with Crippen LogP contribution in [0.2, 0.25) is 0 Å². The summed E-state index contributed by atoms with van der Waals surface area (Å²) < 4.78 is 31.3. The minimum Gasteiger partial charge on any atom is -0.478 e. The summed E-state index contributed by atoms with van der Waals surface area (Å²) in [5.74, 6) is -2.83. The Morgan fingerprint density at radius 3 is 2.60 bits per heavy atom. The average molecular weight is 278 g/mol. The lowest BCUT2D eigenvalue weighted by atomic mass is 10.3. The van der Waals surface area contributed by atoms with Crippen molar-refractivity contribution in [3.8, 4) is 11.8 Å². The zero-order valence-electron chi connectivity index (χ0n) is 9.96. The molecular weight excluding hydrogens is 270 g/mol. The van der Waals surface area contributed by atoms with Crippen LogP contribution in [0.4, 0.5) is 8.78 Å². The van der Waals surface area contributed by atoms with Crippen LogP contribution in [-0.4, -0.2) is 21.0 Å². The zero-order chi connectivity index (χ0) is 14.5. The van der Waals surface area contributed by atoms with E-state index < -0.39 is 17.6 Å². The van der Waals surface area contributed by atoms with Gasteiger partial charge in [-0.05, 0) is 18.2 Å². The van der Waals surface area contributed by atoms with Crippen molar-refractivity contribution < 1.29 is 23.4 Å². The van der Waals surface area contributed by atoms with E-state index in [1.807, 2.05) is 0 Å². The minimum absolute atomic E-state index is 0.179. The topological polar surface area (TPSA) is 72.3 Å². The van der Waals surface area contributed by atoms with Gasteiger partial charge < -0.3 is 9.84 Å². The van der Waals surface area contributed by atoms with E-state index in [-0.39, 0.29) is 11.8 Å². The van der Waals surface area contributed by atoms with E-state index in [9.17, 15) is 13.6 Å². The number of nitrogens with zero attached hydrogens (tertiary/aromatic N) is 2. The van der Waals surface area contributed by atoms with Gasteiger partial charge in [0.15, 0.2) is 11.6 Å². The summed E-state index contributed by atoms with van der Waals surface area (Å²) in [5.41, 5.74) is 0.430. The molecular formula is C13H8F2N2O3. The number of benzene rings is 1. The molecule has 20 heavy (non-hydrogen) atoms. The lowest BCUT2D eigenvalue weighted by Gasteiger charge is -2.04. The lowest BCUT2D eigenvalue weighted by molar-refractivity contribution is -0.131. The molecule has 2 rings (SSSR count). The van der Waals surface area contributed by atoms with Crippen LogP contribution in [0.25, 0.3) is 6.08 Å². The summed E-state index contributed by atoms with van der Waals surface area (Å²) in [6.07, 6.45) is 4.79. The van der Waals surface area contributed by atoms with Crippen LogP contribution in [0.15, 0.2) is 36.7 Å². The van der Waals surface area contributed by atoms with Crippen LogP contribution in [0.3, 0.4) is 0 Å². The molecule has 5 nitrogen and oxygen atoms in total. The molecule has 0 radical (unpaired) electrons. The quantitative estimate of drug-likeness (QED) is 0.870. The van der Waals surface area contributed by atoms with Gasteiger partial charge in [-0.2, -0.15) is 0 Å². The molecule has 0 aliphatic rings. The summed E-state index contributed by atoms with van der Waals surface area (Å²) >= 11 is 0. The molecule has 1 N–H and O–H groups in total. The van der Waals surface area contributed by atoms with Gasteiger partial charge in [0.05, 0.1) is 0 Å². The van der Waals surface area contributed by atoms with Crippen LogP contribution in [0.5, 0.6) is 11.8 Å². The van der Waals surface area contributed by atoms with Crippen LogP contribution in [0.1, 0.15) is 5.56 Å². The molecule has 0 unspecified atom stereocenters. The van der Waals surface area contributed by atoms with Gasteiger partial charge in [0, 0.05) is 30.1 Å². The second kappa shape index (κ2) is 5.87. The molecule has 0 fully saturated rings. The molecule has 0 aliphatic heterocycles. The fourth-order valence-corrected chi connectivity index (χ4v) is 1.29. The molecule has 0 saturated heterocycles. The number of aromatic nitrogens is 2. The smallest absolute Gasteiger partial charge is 0.328 e. The number of carbonyl (C=O) groups is 1. The Kier molecular flexibility index (Phi) is 3.99. The third kappa shape index (κ3) is 3.58. The van der Waals surface area contributed by atoms with E-state index in [1.165, 1.54) is 18.5 Å². The van der Waals surface area contributed by atoms with Crippen molar-refractivity contribution >= 4 is 12.0 Å². The zero-order valence-corrected chi connectivity index (χ0v) is 9.96. The number of ether oxygens (including phenoxy) is 1. The van der Waals surface area contributed by atoms with Crippen LogP contribution in [-0.2, 0) is 4.79 Å². The maximum absolute atomic E-state index is 13.3. The van der Waals surface area contributed by atoms with Gasteiger partial charge in [-0.3, -0.25) is 0 Å². The first-order valence-corrected chi connectivity index (χ1v) is 5.40. The number of carboxylic acids is 1. The fourth-order valence-electron chi connectivity index (χ4n) is 1.29. The summed E-state index contributed by atoms with van der Waals surface area (Å²) in [6, 6.07) is 2.58. The molecule has 2 aromatic rings. The lowest BCUT2D eigenvalue weighted by Crippen LogP contribution is -1.95. The average Bonchev–Trinajstić information content (AvgIpc) is 2.42. The van der Waals surface area contributed by atoms with Crippen LogP contribution < -0.4 is 4.74 Å². The van der Waals surface area contributed by atoms with Crippen molar-refractivity contribution in [2.45, 2.75) is 0 Å². The van der Waals surface area contributed by atoms with E-state index in [1.54, 1.807) is 0 Å². The molecule has 1 aromatic carbocycles. The summed E-state index contributed by atoms with van der Waals surface area (Å²) in [7, 11) is 0. The van der Waals surface area contributed by atoms with E-state index in [0.717, 1.165) is 24.3 Å². The molecule has 0 bridgehead atoms. The highest BCUT2D eigenvalue weighted by molar-refractivity contribution is 5.85. The Balaban J connectivity index is 2.14. The second-order valence-corrected chi connectivity index (χ2v) is 3.65. The van der Waals surface area contributed by atoms with E-state index in [0.29, 0.717) is 5.56 Å². The predicted molar refractivity (Wildman–Crippen MR) is 65.1 cm³/mol. The molecule has 7 heteroatoms. The van der Waals surface area contributed by atoms with Gasteiger partial charge in [0.1, 0.15) is 5.82 Å². The van der Waals surface area contributed by atoms with Gasteiger partial charge in [0.25, 0.3) is 0 Å². The van der Waals surface area contributed by atoms with Gasteiger partial charge in [0.2, 0.25) is 0 Å². The van der Waals surface area contributed by atoms with Crippen molar-refractivity contribution in [2.24, 2.45) is 0 Å². The van der Waals surface area contributed by atoms with E-state index >= 15 is 0 Å². The minimum atomic E-state index is -1.10. The van der Waals surface area contributed by atoms with Crippen molar-refractivity contribution in [3.63, 3.8) is 0 Å². The van der Waals surface area contributed by atoms with Crippen LogP contribution in [0, 0.1) is 11.6 Å². The molecule has 0 amide bonds. The van der Waals surface area contributed by atoms with E-state index in [4.69, 9.17) is 9.84 Å². The van der Waals surface area contributed by atoms with Gasteiger partial charge in [-0.1, -0.05) is 0 Å². The Labute approximate surface area is 112 Å². The highest BCUT2D eigenvalue weighted by Crippen LogP contribution is 2.22. The molecule has 0 aliphatic carbocycles. The van der Waals surface area contributed by atoms with Crippen molar-refractivity contribution in [1.29, 1.82) is 0 Å². The highest BCUT2D eigenvalue weighted by atomic mass is 19.1. The van der Waals surface area contributed by atoms with Gasteiger partial charge in [-0.15, -0.1) is 0 Å². The first kappa shape index (κ1) is 13.6. The molecule has 1 aromatic heterocycles. The number of carboxylic acid groups (broad SMARTS) is 1. The van der Waals surface area contributed by atoms with Gasteiger partial charge >= 0.3 is 12.0 Å². The maximum atomic E-state index is 13.3. The summed E-state index contributed by atoms with van der Waals surface area (Å²) in [5, 5.41) is 8.45. The number of hydrogen-bond donors (Lipinski definition) is 1. The molecule has 0 spiro atoms. The van der Waals surface area contributed by atoms with Crippen molar-refractivity contribution in [3.05, 3.63) is 53.9 Å². The number of halogens is 2. The molecule has 0 atom stereocenters. The number of aliphatic carboxylic acids is 1. The van der Waals surface area contributed by atoms with Crippen molar-refractivity contribution in [1.82, 2.24) is 9.97 Å². The maximum Gasteiger partial charge on any atom is 0.328 e. The third-order valence-electron chi connectivity index (χ3n) is 2.16. The molecule has 0 saturated carbocycles. The van der Waals surface area contributed by atoms with E-state index in [2.05, 4.69) is 9.97 Å². The Morgan fingerprint density at radius 2 is 1.95 bits per heavy atom. The second-order valence-electron chi connectivity index (χ2n) is 3.65. The Bertz CT molecular complexity index is 657. The number of hydrogen-bond acceptors (Lipinski definition) is 4. The monoisotopic (exact) mass is 278 g/mol. The normalized spacial score (nSPS) is 10.7. The highest BCUT2D eigenvalue weighted by Gasteiger charge is 2.07. The number of rotatable bonds is 4. The Hall–Kier alpha value is -2.83. The third-order valence-corrected chi connectivity index (χ3v) is 2.16. The molecule has 102 valence electrons.